The molecule has 1 amide bonds. The van der Waals surface area contributed by atoms with Crippen molar-refractivity contribution in [3.05, 3.63) is 52.2 Å². The number of carbonyl (C=O) groups is 1. The standard InChI is InChI=1S/C32H41N7O2/c1-22-7-4-11-29(23(22)2)37-16-13-27-28(20-37)34-32(41-21-26-10-6-15-36(26)3)35-30(27)38-17-18-39(25(19-38)12-14-33)31(40)24-8-5-9-24/h4,7-8,11,25-26H,5-6,9-10,12-13,15-21H2,1-3H3. The fourth-order valence-electron chi connectivity index (χ4n) is 6.62. The SMILES string of the molecule is Cc1cccc(N2CCc3c(nc(OCC4CCCN4C)nc3N3CCN(C(=O)C4=CCC4)C(CC#N)C3)C2)c1C. The highest BCUT2D eigenvalue weighted by Crippen LogP contribution is 2.34. The van der Waals surface area contributed by atoms with E-state index in [1.807, 2.05) is 11.0 Å². The first-order chi connectivity index (χ1) is 19.9. The molecule has 2 atom stereocenters. The Morgan fingerprint density at radius 1 is 1.10 bits per heavy atom. The van der Waals surface area contributed by atoms with Crippen LogP contribution >= 0.6 is 0 Å². The van der Waals surface area contributed by atoms with Gasteiger partial charge in [-0.25, -0.2) is 0 Å². The van der Waals surface area contributed by atoms with Crippen LogP contribution in [0.2, 0.25) is 0 Å². The summed E-state index contributed by atoms with van der Waals surface area (Å²) in [5.74, 6) is 0.998. The second kappa shape index (κ2) is 11.7. The average Bonchev–Trinajstić information content (AvgIpc) is 3.36. The van der Waals surface area contributed by atoms with Gasteiger partial charge in [0.2, 0.25) is 5.91 Å². The zero-order chi connectivity index (χ0) is 28.5. The number of rotatable bonds is 7. The van der Waals surface area contributed by atoms with Crippen molar-refractivity contribution in [2.45, 2.75) is 71.0 Å². The van der Waals surface area contributed by atoms with Crippen LogP contribution in [0.15, 0.2) is 29.8 Å². The van der Waals surface area contributed by atoms with Crippen molar-refractivity contribution in [1.82, 2.24) is 19.8 Å². The number of hydrogen-bond acceptors (Lipinski definition) is 8. The lowest BCUT2D eigenvalue weighted by molar-refractivity contribution is -0.130. The van der Waals surface area contributed by atoms with Crippen molar-refractivity contribution < 1.29 is 9.53 Å². The topological polar surface area (TPSA) is 88.8 Å². The maximum Gasteiger partial charge on any atom is 0.318 e. The first-order valence-corrected chi connectivity index (χ1v) is 15.1. The molecule has 1 aliphatic carbocycles. The highest BCUT2D eigenvalue weighted by atomic mass is 16.5. The minimum absolute atomic E-state index is 0.0924. The van der Waals surface area contributed by atoms with E-state index in [4.69, 9.17) is 14.7 Å². The molecule has 4 heterocycles. The van der Waals surface area contributed by atoms with Crippen LogP contribution in [0, 0.1) is 25.2 Å². The number of aryl methyl sites for hydroxylation is 1. The fraction of sp³-hybridized carbons (Fsp3) is 0.562. The first kappa shape index (κ1) is 27.5. The summed E-state index contributed by atoms with van der Waals surface area (Å²) in [4.78, 5) is 32.1. The van der Waals surface area contributed by atoms with Crippen molar-refractivity contribution in [1.29, 1.82) is 5.26 Å². The molecule has 2 saturated heterocycles. The Balaban J connectivity index is 1.29. The Hall–Kier alpha value is -3.64. The molecule has 4 aliphatic rings. The predicted molar refractivity (Wildman–Crippen MR) is 159 cm³/mol. The van der Waals surface area contributed by atoms with Gasteiger partial charge in [-0.3, -0.25) is 4.79 Å². The molecule has 2 unspecified atom stereocenters. The van der Waals surface area contributed by atoms with Crippen LogP contribution in [-0.4, -0.2) is 84.1 Å². The maximum atomic E-state index is 13.1. The maximum absolute atomic E-state index is 13.1. The highest BCUT2D eigenvalue weighted by molar-refractivity contribution is 5.95. The number of fused-ring (bicyclic) bond motifs is 1. The summed E-state index contributed by atoms with van der Waals surface area (Å²) >= 11 is 0. The van der Waals surface area contributed by atoms with Crippen molar-refractivity contribution in [3.63, 3.8) is 0 Å². The molecule has 0 radical (unpaired) electrons. The third-order valence-electron chi connectivity index (χ3n) is 9.46. The molecular formula is C32H41N7O2. The van der Waals surface area contributed by atoms with Crippen LogP contribution in [0.25, 0.3) is 0 Å². The van der Waals surface area contributed by atoms with E-state index in [0.717, 1.165) is 61.4 Å². The Labute approximate surface area is 243 Å². The number of ether oxygens (including phenoxy) is 1. The van der Waals surface area contributed by atoms with E-state index in [0.29, 0.717) is 51.3 Å². The minimum atomic E-state index is -0.167. The second-order valence-electron chi connectivity index (χ2n) is 12.0. The van der Waals surface area contributed by atoms with Gasteiger partial charge in [0.15, 0.2) is 0 Å². The summed E-state index contributed by atoms with van der Waals surface area (Å²) in [7, 11) is 2.15. The Kier molecular flexibility index (Phi) is 7.85. The summed E-state index contributed by atoms with van der Waals surface area (Å²) in [5.41, 5.74) is 6.89. The number of hydrogen-bond donors (Lipinski definition) is 0. The van der Waals surface area contributed by atoms with Crippen LogP contribution in [0.5, 0.6) is 6.01 Å². The lowest BCUT2D eigenvalue weighted by atomic mass is 9.96. The van der Waals surface area contributed by atoms with E-state index < -0.39 is 0 Å². The van der Waals surface area contributed by atoms with E-state index >= 15 is 0 Å². The molecule has 0 saturated carbocycles. The number of piperazine rings is 1. The summed E-state index contributed by atoms with van der Waals surface area (Å²) in [6.07, 6.45) is 7.27. The van der Waals surface area contributed by atoms with Crippen LogP contribution in [0.1, 0.15) is 54.5 Å². The molecule has 2 aromatic rings. The Morgan fingerprint density at radius 2 is 1.95 bits per heavy atom. The van der Waals surface area contributed by atoms with Crippen molar-refractivity contribution in [3.8, 4) is 12.1 Å². The Morgan fingerprint density at radius 3 is 2.68 bits per heavy atom. The number of anilines is 2. The molecular weight excluding hydrogens is 514 g/mol. The minimum Gasteiger partial charge on any atom is -0.462 e. The van der Waals surface area contributed by atoms with Gasteiger partial charge in [0.1, 0.15) is 12.4 Å². The van der Waals surface area contributed by atoms with E-state index in [1.54, 1.807) is 0 Å². The summed E-state index contributed by atoms with van der Waals surface area (Å²) < 4.78 is 6.30. The molecule has 216 valence electrons. The number of amides is 1. The van der Waals surface area contributed by atoms with E-state index in [-0.39, 0.29) is 11.9 Å². The third-order valence-corrected chi connectivity index (χ3v) is 9.46. The van der Waals surface area contributed by atoms with Crippen LogP contribution in [0.3, 0.4) is 0 Å². The largest absolute Gasteiger partial charge is 0.462 e. The highest BCUT2D eigenvalue weighted by Gasteiger charge is 2.35. The van der Waals surface area contributed by atoms with Gasteiger partial charge in [-0.2, -0.15) is 15.2 Å². The number of carbonyl (C=O) groups excluding carboxylic acids is 1. The molecule has 0 spiro atoms. The van der Waals surface area contributed by atoms with E-state index in [1.165, 1.54) is 23.2 Å². The molecule has 3 aliphatic heterocycles. The smallest absolute Gasteiger partial charge is 0.318 e. The van der Waals surface area contributed by atoms with Gasteiger partial charge in [0.25, 0.3) is 0 Å². The number of allylic oxidation sites excluding steroid dienone is 1. The van der Waals surface area contributed by atoms with Gasteiger partial charge >= 0.3 is 6.01 Å². The van der Waals surface area contributed by atoms with Crippen LogP contribution in [-0.2, 0) is 17.8 Å². The zero-order valence-electron chi connectivity index (χ0n) is 24.6. The van der Waals surface area contributed by atoms with Gasteiger partial charge in [0.05, 0.1) is 30.8 Å². The van der Waals surface area contributed by atoms with Crippen molar-refractivity contribution in [2.24, 2.45) is 0 Å². The summed E-state index contributed by atoms with van der Waals surface area (Å²) in [5, 5.41) is 9.62. The van der Waals surface area contributed by atoms with Crippen LogP contribution < -0.4 is 14.5 Å². The van der Waals surface area contributed by atoms with Gasteiger partial charge in [-0.15, -0.1) is 0 Å². The van der Waals surface area contributed by atoms with Crippen molar-refractivity contribution in [2.75, 3.05) is 56.2 Å². The number of likely N-dealkylation sites (N-methyl/N-ethyl adjacent to an activating group) is 1. The zero-order valence-corrected chi connectivity index (χ0v) is 24.6. The van der Waals surface area contributed by atoms with Gasteiger partial charge in [0, 0.05) is 49.0 Å². The molecule has 0 N–H and O–H groups in total. The number of likely N-dealkylation sites (tertiary alicyclic amines) is 1. The lowest BCUT2D eigenvalue weighted by Gasteiger charge is -2.43. The van der Waals surface area contributed by atoms with E-state index in [9.17, 15) is 10.1 Å². The van der Waals surface area contributed by atoms with Gasteiger partial charge < -0.3 is 24.3 Å². The molecule has 0 bridgehead atoms. The fourth-order valence-corrected chi connectivity index (χ4v) is 6.62. The van der Waals surface area contributed by atoms with Gasteiger partial charge in [-0.1, -0.05) is 18.2 Å². The molecule has 9 nitrogen and oxygen atoms in total. The Bertz CT molecular complexity index is 1380. The summed E-state index contributed by atoms with van der Waals surface area (Å²) in [6.45, 7) is 9.44. The molecule has 9 heteroatoms. The monoisotopic (exact) mass is 555 g/mol. The number of nitrogens with zero attached hydrogens (tertiary/aromatic N) is 7. The lowest BCUT2D eigenvalue weighted by Crippen LogP contribution is -2.56. The van der Waals surface area contributed by atoms with Crippen molar-refractivity contribution >= 4 is 17.4 Å². The van der Waals surface area contributed by atoms with Crippen LogP contribution in [0.4, 0.5) is 11.5 Å². The number of nitriles is 1. The normalized spacial score (nSPS) is 22.6. The molecule has 1 aromatic carbocycles. The third kappa shape index (κ3) is 5.50. The molecule has 6 rings (SSSR count). The average molecular weight is 556 g/mol. The second-order valence-corrected chi connectivity index (χ2v) is 12.0. The first-order valence-electron chi connectivity index (χ1n) is 15.1. The predicted octanol–water partition coefficient (Wildman–Crippen LogP) is 3.78. The number of aromatic nitrogens is 2. The molecule has 41 heavy (non-hydrogen) atoms. The molecule has 2 fully saturated rings. The quantitative estimate of drug-likeness (QED) is 0.510. The number of benzene rings is 1. The van der Waals surface area contributed by atoms with E-state index in [2.05, 4.69) is 59.9 Å². The molecule has 1 aromatic heterocycles. The summed E-state index contributed by atoms with van der Waals surface area (Å²) in [6, 6.07) is 9.44. The van der Waals surface area contributed by atoms with Gasteiger partial charge in [-0.05, 0) is 76.7 Å².